The Bertz CT molecular complexity index is 996. The number of halogens is 2. The van der Waals surface area contributed by atoms with E-state index in [0.29, 0.717) is 5.02 Å². The van der Waals surface area contributed by atoms with Crippen LogP contribution in [0.5, 0.6) is 0 Å². The van der Waals surface area contributed by atoms with Crippen LogP contribution >= 0.6 is 23.2 Å². The van der Waals surface area contributed by atoms with Crippen LogP contribution in [0.4, 0.5) is 0 Å². The highest BCUT2D eigenvalue weighted by Crippen LogP contribution is 2.25. The summed E-state index contributed by atoms with van der Waals surface area (Å²) < 4.78 is 27.4. The third-order valence-electron chi connectivity index (χ3n) is 3.45. The Labute approximate surface area is 155 Å². The summed E-state index contributed by atoms with van der Waals surface area (Å²) in [6, 6.07) is 11.5. The Morgan fingerprint density at radius 1 is 0.960 bits per heavy atom. The molecule has 0 saturated carbocycles. The van der Waals surface area contributed by atoms with Gasteiger partial charge in [0.15, 0.2) is 0 Å². The van der Waals surface area contributed by atoms with Crippen molar-refractivity contribution >= 4 is 33.2 Å². The number of sulfonamides is 1. The van der Waals surface area contributed by atoms with Crippen LogP contribution in [0.1, 0.15) is 5.56 Å². The summed E-state index contributed by atoms with van der Waals surface area (Å²) in [6.07, 6.45) is 4.98. The molecule has 1 N–H and O–H groups in total. The lowest BCUT2D eigenvalue weighted by Crippen LogP contribution is -2.23. The number of hydrogen-bond acceptors (Lipinski definition) is 4. The van der Waals surface area contributed by atoms with Crippen LogP contribution in [0.25, 0.3) is 11.3 Å². The number of benzene rings is 1. The van der Waals surface area contributed by atoms with E-state index in [0.717, 1.165) is 16.8 Å². The number of rotatable bonds is 5. The van der Waals surface area contributed by atoms with Gasteiger partial charge in [-0.15, -0.1) is 0 Å². The van der Waals surface area contributed by atoms with Crippen LogP contribution in [-0.4, -0.2) is 18.4 Å². The first-order valence-electron chi connectivity index (χ1n) is 7.26. The Hall–Kier alpha value is -1.99. The molecule has 0 saturated heterocycles. The van der Waals surface area contributed by atoms with Gasteiger partial charge in [0.25, 0.3) is 0 Å². The van der Waals surface area contributed by atoms with E-state index in [2.05, 4.69) is 14.7 Å². The van der Waals surface area contributed by atoms with Crippen LogP contribution in [0.15, 0.2) is 66.0 Å². The fourth-order valence-corrected chi connectivity index (χ4v) is 3.98. The molecular weight excluding hydrogens is 381 g/mol. The largest absolute Gasteiger partial charge is 0.265 e. The van der Waals surface area contributed by atoms with Crippen molar-refractivity contribution < 1.29 is 8.42 Å². The molecule has 128 valence electrons. The van der Waals surface area contributed by atoms with Crippen LogP contribution in [0, 0.1) is 0 Å². The lowest BCUT2D eigenvalue weighted by Gasteiger charge is -2.09. The van der Waals surface area contributed by atoms with Crippen molar-refractivity contribution in [2.75, 3.05) is 0 Å². The van der Waals surface area contributed by atoms with Gasteiger partial charge in [-0.05, 0) is 48.0 Å². The monoisotopic (exact) mass is 393 g/mol. The molecule has 0 aliphatic carbocycles. The Morgan fingerprint density at radius 2 is 1.72 bits per heavy atom. The minimum atomic E-state index is -3.79. The zero-order valence-corrected chi connectivity index (χ0v) is 15.2. The predicted octanol–water partition coefficient (Wildman–Crippen LogP) is 3.93. The summed E-state index contributed by atoms with van der Waals surface area (Å²) in [4.78, 5) is 8.21. The van der Waals surface area contributed by atoms with Crippen molar-refractivity contribution in [2.24, 2.45) is 0 Å². The highest BCUT2D eigenvalue weighted by molar-refractivity contribution is 7.89. The van der Waals surface area contributed by atoms with E-state index in [1.54, 1.807) is 24.7 Å². The molecule has 0 aliphatic rings. The molecule has 3 aromatic rings. The van der Waals surface area contributed by atoms with Crippen molar-refractivity contribution in [1.82, 2.24) is 14.7 Å². The van der Waals surface area contributed by atoms with E-state index in [4.69, 9.17) is 23.2 Å². The lowest BCUT2D eigenvalue weighted by atomic mass is 10.1. The first kappa shape index (κ1) is 17.8. The second kappa shape index (κ2) is 7.49. The molecule has 2 aromatic heterocycles. The van der Waals surface area contributed by atoms with Crippen molar-refractivity contribution in [3.63, 3.8) is 0 Å². The molecule has 0 atom stereocenters. The average molecular weight is 394 g/mol. The molecule has 0 radical (unpaired) electrons. The summed E-state index contributed by atoms with van der Waals surface area (Å²) in [5.41, 5.74) is 2.40. The molecule has 0 bridgehead atoms. The van der Waals surface area contributed by atoms with Gasteiger partial charge >= 0.3 is 0 Å². The second-order valence-electron chi connectivity index (χ2n) is 5.18. The first-order valence-corrected chi connectivity index (χ1v) is 9.50. The van der Waals surface area contributed by atoms with Gasteiger partial charge in [0, 0.05) is 35.7 Å². The van der Waals surface area contributed by atoms with Crippen molar-refractivity contribution in [3.8, 4) is 11.3 Å². The van der Waals surface area contributed by atoms with Crippen molar-refractivity contribution in [2.45, 2.75) is 11.4 Å². The number of aromatic nitrogens is 2. The van der Waals surface area contributed by atoms with Crippen LogP contribution in [0.3, 0.4) is 0 Å². The zero-order chi connectivity index (χ0) is 17.9. The molecule has 5 nitrogen and oxygen atoms in total. The molecule has 0 fully saturated rings. The van der Waals surface area contributed by atoms with E-state index >= 15 is 0 Å². The van der Waals surface area contributed by atoms with Gasteiger partial charge in [-0.3, -0.25) is 9.97 Å². The molecule has 0 unspecified atom stereocenters. The Balaban J connectivity index is 1.81. The van der Waals surface area contributed by atoms with E-state index in [9.17, 15) is 8.42 Å². The third kappa shape index (κ3) is 4.35. The second-order valence-corrected chi connectivity index (χ2v) is 7.76. The van der Waals surface area contributed by atoms with Crippen LogP contribution in [-0.2, 0) is 16.6 Å². The molecule has 2 heterocycles. The van der Waals surface area contributed by atoms with Gasteiger partial charge in [-0.1, -0.05) is 23.2 Å². The highest BCUT2D eigenvalue weighted by atomic mass is 35.5. The molecular formula is C17H13Cl2N3O2S. The SMILES string of the molecule is O=S(=O)(NCc1ccnc(-c2ccncc2)c1)c1cc(Cl)ccc1Cl. The standard InChI is InChI=1S/C17H13Cl2N3O2S/c18-14-1-2-15(19)17(10-14)25(23,24)22-11-12-3-8-21-16(9-12)13-4-6-20-7-5-13/h1-10,22H,11H2. The summed E-state index contributed by atoms with van der Waals surface area (Å²) in [7, 11) is -3.79. The van der Waals surface area contributed by atoms with E-state index < -0.39 is 10.0 Å². The zero-order valence-electron chi connectivity index (χ0n) is 12.9. The van der Waals surface area contributed by atoms with E-state index in [-0.39, 0.29) is 16.5 Å². The fraction of sp³-hybridized carbons (Fsp3) is 0.0588. The van der Waals surface area contributed by atoms with Crippen molar-refractivity contribution in [3.05, 3.63) is 76.7 Å². The molecule has 1 aromatic carbocycles. The van der Waals surface area contributed by atoms with Gasteiger partial charge < -0.3 is 0 Å². The first-order chi connectivity index (χ1) is 12.0. The topological polar surface area (TPSA) is 72.0 Å². The van der Waals surface area contributed by atoms with Gasteiger partial charge in [0.2, 0.25) is 10.0 Å². The summed E-state index contributed by atoms with van der Waals surface area (Å²) in [5, 5.41) is 0.415. The third-order valence-corrected chi connectivity index (χ3v) is 5.57. The molecule has 0 aliphatic heterocycles. The summed E-state index contributed by atoms with van der Waals surface area (Å²) in [5.74, 6) is 0. The van der Waals surface area contributed by atoms with Gasteiger partial charge in [0.1, 0.15) is 4.90 Å². The van der Waals surface area contributed by atoms with E-state index in [1.165, 1.54) is 18.2 Å². The highest BCUT2D eigenvalue weighted by Gasteiger charge is 2.18. The van der Waals surface area contributed by atoms with E-state index in [1.807, 2.05) is 18.2 Å². The number of hydrogen-bond donors (Lipinski definition) is 1. The maximum absolute atomic E-state index is 12.5. The molecule has 3 rings (SSSR count). The maximum Gasteiger partial charge on any atom is 0.242 e. The number of nitrogens with one attached hydrogen (secondary N) is 1. The number of nitrogens with zero attached hydrogens (tertiary/aromatic N) is 2. The summed E-state index contributed by atoms with van der Waals surface area (Å²) >= 11 is 11.8. The average Bonchev–Trinajstić information content (AvgIpc) is 2.63. The van der Waals surface area contributed by atoms with Gasteiger partial charge in [0.05, 0.1) is 10.7 Å². The molecule has 8 heteroatoms. The van der Waals surface area contributed by atoms with Crippen LogP contribution in [0.2, 0.25) is 10.0 Å². The smallest absolute Gasteiger partial charge is 0.242 e. The minimum absolute atomic E-state index is 0.0509. The minimum Gasteiger partial charge on any atom is -0.265 e. The molecule has 25 heavy (non-hydrogen) atoms. The Kier molecular flexibility index (Phi) is 5.34. The fourth-order valence-electron chi connectivity index (χ4n) is 2.20. The van der Waals surface area contributed by atoms with Crippen molar-refractivity contribution in [1.29, 1.82) is 0 Å². The Morgan fingerprint density at radius 3 is 2.48 bits per heavy atom. The molecule has 0 amide bonds. The summed E-state index contributed by atoms with van der Waals surface area (Å²) in [6.45, 7) is 0.103. The normalized spacial score (nSPS) is 11.4. The van der Waals surface area contributed by atoms with Gasteiger partial charge in [-0.25, -0.2) is 13.1 Å². The predicted molar refractivity (Wildman–Crippen MR) is 98.0 cm³/mol. The lowest BCUT2D eigenvalue weighted by molar-refractivity contribution is 0.581. The quantitative estimate of drug-likeness (QED) is 0.712. The van der Waals surface area contributed by atoms with Crippen LogP contribution < -0.4 is 4.72 Å². The van der Waals surface area contributed by atoms with Gasteiger partial charge in [-0.2, -0.15) is 0 Å². The maximum atomic E-state index is 12.5. The number of pyridine rings is 2. The molecule has 0 spiro atoms.